The van der Waals surface area contributed by atoms with Crippen LogP contribution in [0.3, 0.4) is 0 Å². The van der Waals surface area contributed by atoms with E-state index in [1.807, 2.05) is 49.4 Å². The van der Waals surface area contributed by atoms with Gasteiger partial charge >= 0.3 is 0 Å². The van der Waals surface area contributed by atoms with Crippen LogP contribution in [0.2, 0.25) is 0 Å². The summed E-state index contributed by atoms with van der Waals surface area (Å²) in [6, 6.07) is 25.2. The number of fused-ring (bicyclic) bond motifs is 1. The Bertz CT molecular complexity index is 1600. The van der Waals surface area contributed by atoms with Crippen molar-refractivity contribution in [2.24, 2.45) is 11.0 Å². The molecule has 7 nitrogen and oxygen atoms in total. The van der Waals surface area contributed by atoms with Gasteiger partial charge in [-0.25, -0.2) is 13.8 Å². The van der Waals surface area contributed by atoms with E-state index in [4.69, 9.17) is 4.74 Å². The fourth-order valence-electron chi connectivity index (χ4n) is 3.97. The quantitative estimate of drug-likeness (QED) is 0.172. The zero-order valence-electron chi connectivity index (χ0n) is 21.9. The molecule has 202 valence electrons. The van der Waals surface area contributed by atoms with E-state index in [0.29, 0.717) is 12.4 Å². The minimum atomic E-state index is -3.87. The number of aryl methyl sites for hydroxylation is 1. The number of ether oxygens (including phenoxy) is 1. The molecular weight excluding hydrogens is 578 g/mol. The van der Waals surface area contributed by atoms with Gasteiger partial charge < -0.3 is 4.74 Å². The third kappa shape index (κ3) is 7.32. The van der Waals surface area contributed by atoms with E-state index in [9.17, 15) is 13.2 Å². The maximum atomic E-state index is 12.8. The fraction of sp³-hybridized carbons (Fsp3) is 0.200. The lowest BCUT2D eigenvalue weighted by Crippen LogP contribution is -2.48. The number of benzene rings is 4. The van der Waals surface area contributed by atoms with E-state index in [0.717, 1.165) is 31.9 Å². The highest BCUT2D eigenvalue weighted by Gasteiger charge is 2.28. The summed E-state index contributed by atoms with van der Waals surface area (Å²) in [7, 11) is -3.87. The number of hydrogen-bond donors (Lipinski definition) is 2. The molecule has 0 saturated heterocycles. The van der Waals surface area contributed by atoms with Crippen LogP contribution in [0.25, 0.3) is 10.8 Å². The average Bonchev–Trinajstić information content (AvgIpc) is 2.91. The molecule has 0 radical (unpaired) electrons. The van der Waals surface area contributed by atoms with Crippen molar-refractivity contribution in [1.29, 1.82) is 0 Å². The highest BCUT2D eigenvalue weighted by atomic mass is 79.9. The molecule has 2 N–H and O–H groups in total. The molecule has 39 heavy (non-hydrogen) atoms. The molecule has 0 unspecified atom stereocenters. The maximum Gasteiger partial charge on any atom is 0.258 e. The molecule has 1 atom stereocenters. The SMILES string of the molecule is Cc1ccc(S(=O)(=O)N[C@@H](C(=O)N/N=C\c2ccc(OCc3cccc4ccccc34)c(Br)c2)C(C)C)cc1. The second-order valence-corrected chi connectivity index (χ2v) is 12.1. The van der Waals surface area contributed by atoms with Gasteiger partial charge in [-0.1, -0.05) is 74.0 Å². The maximum absolute atomic E-state index is 12.8. The minimum absolute atomic E-state index is 0.0997. The Morgan fingerprint density at radius 1 is 1.00 bits per heavy atom. The van der Waals surface area contributed by atoms with Gasteiger partial charge in [0.1, 0.15) is 18.4 Å². The number of carbonyl (C=O) groups excluding carboxylic acids is 1. The number of nitrogens with one attached hydrogen (secondary N) is 2. The van der Waals surface area contributed by atoms with Crippen LogP contribution in [0.15, 0.2) is 99.4 Å². The molecule has 1 amide bonds. The smallest absolute Gasteiger partial charge is 0.258 e. The number of hydrazone groups is 1. The van der Waals surface area contributed by atoms with Gasteiger partial charge in [0.25, 0.3) is 5.91 Å². The predicted octanol–water partition coefficient (Wildman–Crippen LogP) is 5.94. The summed E-state index contributed by atoms with van der Waals surface area (Å²) in [6.07, 6.45) is 1.49. The summed E-state index contributed by atoms with van der Waals surface area (Å²) >= 11 is 3.54. The van der Waals surface area contributed by atoms with E-state index in [2.05, 4.69) is 49.4 Å². The molecule has 0 saturated carbocycles. The van der Waals surface area contributed by atoms with Crippen molar-refractivity contribution in [3.8, 4) is 5.75 Å². The molecule has 0 heterocycles. The molecule has 4 rings (SSSR count). The molecule has 0 aliphatic rings. The fourth-order valence-corrected chi connectivity index (χ4v) is 5.83. The topological polar surface area (TPSA) is 96.9 Å². The predicted molar refractivity (Wildman–Crippen MR) is 158 cm³/mol. The molecule has 4 aromatic rings. The van der Waals surface area contributed by atoms with Gasteiger partial charge in [0.2, 0.25) is 10.0 Å². The Morgan fingerprint density at radius 3 is 2.44 bits per heavy atom. The van der Waals surface area contributed by atoms with Crippen LogP contribution in [-0.4, -0.2) is 26.6 Å². The molecular formula is C30H30BrN3O4S. The summed E-state index contributed by atoms with van der Waals surface area (Å²) in [5.74, 6) is -0.173. The van der Waals surface area contributed by atoms with E-state index < -0.39 is 22.0 Å². The number of rotatable bonds is 10. The number of nitrogens with zero attached hydrogens (tertiary/aromatic N) is 1. The lowest BCUT2D eigenvalue weighted by atomic mass is 10.1. The van der Waals surface area contributed by atoms with E-state index in [1.54, 1.807) is 26.0 Å². The monoisotopic (exact) mass is 607 g/mol. The molecule has 4 aromatic carbocycles. The average molecular weight is 609 g/mol. The first-order valence-electron chi connectivity index (χ1n) is 12.4. The van der Waals surface area contributed by atoms with Crippen LogP contribution in [-0.2, 0) is 21.4 Å². The standard InChI is InChI=1S/C30H30BrN3O4S/c1-20(2)29(34-39(36,37)25-14-11-21(3)12-15-25)30(35)33-32-18-22-13-16-28(27(31)17-22)38-19-24-9-6-8-23-7-4-5-10-26(23)24/h4-18,20,29,34H,19H2,1-3H3,(H,33,35)/b32-18-/t29-/m1/s1. The zero-order chi connectivity index (χ0) is 28.0. The first-order valence-corrected chi connectivity index (χ1v) is 14.7. The Kier molecular flexibility index (Phi) is 9.16. The van der Waals surface area contributed by atoms with Crippen molar-refractivity contribution < 1.29 is 17.9 Å². The van der Waals surface area contributed by atoms with Crippen molar-refractivity contribution in [2.75, 3.05) is 0 Å². The Balaban J connectivity index is 1.38. The second-order valence-electron chi connectivity index (χ2n) is 9.51. The first kappa shape index (κ1) is 28.5. The molecule has 9 heteroatoms. The molecule has 0 spiro atoms. The third-order valence-electron chi connectivity index (χ3n) is 6.17. The number of hydrogen-bond acceptors (Lipinski definition) is 5. The summed E-state index contributed by atoms with van der Waals surface area (Å²) in [5.41, 5.74) is 5.20. The highest BCUT2D eigenvalue weighted by molar-refractivity contribution is 9.10. The zero-order valence-corrected chi connectivity index (χ0v) is 24.3. The molecule has 0 aliphatic carbocycles. The van der Waals surface area contributed by atoms with Crippen molar-refractivity contribution in [1.82, 2.24) is 10.1 Å². The van der Waals surface area contributed by atoms with Crippen LogP contribution in [0.5, 0.6) is 5.75 Å². The largest absolute Gasteiger partial charge is 0.488 e. The van der Waals surface area contributed by atoms with Crippen molar-refractivity contribution >= 4 is 48.8 Å². The number of carbonyl (C=O) groups is 1. The summed E-state index contributed by atoms with van der Waals surface area (Å²) < 4.78 is 34.9. The molecule has 0 aliphatic heterocycles. The normalized spacial score (nSPS) is 12.6. The Labute approximate surface area is 237 Å². The van der Waals surface area contributed by atoms with Gasteiger partial charge in [0, 0.05) is 0 Å². The van der Waals surface area contributed by atoms with Gasteiger partial charge in [-0.05, 0) is 81.0 Å². The van der Waals surface area contributed by atoms with Gasteiger partial charge in [0.15, 0.2) is 0 Å². The summed E-state index contributed by atoms with van der Waals surface area (Å²) in [4.78, 5) is 12.9. The van der Waals surface area contributed by atoms with Crippen molar-refractivity contribution in [3.63, 3.8) is 0 Å². The van der Waals surface area contributed by atoms with E-state index >= 15 is 0 Å². The lowest BCUT2D eigenvalue weighted by Gasteiger charge is -2.20. The molecule has 0 fully saturated rings. The van der Waals surface area contributed by atoms with Gasteiger partial charge in [-0.15, -0.1) is 0 Å². The number of amides is 1. The molecule has 0 aromatic heterocycles. The first-order chi connectivity index (χ1) is 18.6. The lowest BCUT2D eigenvalue weighted by molar-refractivity contribution is -0.123. The minimum Gasteiger partial charge on any atom is -0.488 e. The van der Waals surface area contributed by atoms with Crippen LogP contribution in [0, 0.1) is 12.8 Å². The van der Waals surface area contributed by atoms with Gasteiger partial charge in [-0.3, -0.25) is 4.79 Å². The summed E-state index contributed by atoms with van der Waals surface area (Å²) in [6.45, 7) is 5.82. The van der Waals surface area contributed by atoms with E-state index in [1.165, 1.54) is 18.3 Å². The highest BCUT2D eigenvalue weighted by Crippen LogP contribution is 2.27. The van der Waals surface area contributed by atoms with Crippen LogP contribution in [0.4, 0.5) is 0 Å². The second kappa shape index (κ2) is 12.5. The van der Waals surface area contributed by atoms with Gasteiger partial charge in [-0.2, -0.15) is 9.82 Å². The molecule has 0 bridgehead atoms. The number of halogens is 1. The van der Waals surface area contributed by atoms with Gasteiger partial charge in [0.05, 0.1) is 15.6 Å². The van der Waals surface area contributed by atoms with Crippen molar-refractivity contribution in [2.45, 2.75) is 38.3 Å². The van der Waals surface area contributed by atoms with E-state index in [-0.39, 0.29) is 10.8 Å². The van der Waals surface area contributed by atoms with Crippen LogP contribution >= 0.6 is 15.9 Å². The Morgan fingerprint density at radius 2 is 1.72 bits per heavy atom. The summed E-state index contributed by atoms with van der Waals surface area (Å²) in [5, 5.41) is 6.35. The Hall–Kier alpha value is -3.53. The van der Waals surface area contributed by atoms with Crippen LogP contribution in [0.1, 0.15) is 30.5 Å². The number of sulfonamides is 1. The van der Waals surface area contributed by atoms with Crippen LogP contribution < -0.4 is 14.9 Å². The third-order valence-corrected chi connectivity index (χ3v) is 8.25. The van der Waals surface area contributed by atoms with Crippen molar-refractivity contribution in [3.05, 3.63) is 106 Å².